The van der Waals surface area contributed by atoms with E-state index >= 15 is 0 Å². The maximum Gasteiger partial charge on any atom is 0.435 e. The molecule has 0 aromatic carbocycles. The summed E-state index contributed by atoms with van der Waals surface area (Å²) in [5.74, 6) is -0.923. The van der Waals surface area contributed by atoms with Crippen molar-refractivity contribution < 1.29 is 26.3 Å². The first-order chi connectivity index (χ1) is 11.9. The van der Waals surface area contributed by atoms with E-state index in [0.717, 1.165) is 13.1 Å². The number of nitrogens with zero attached hydrogens (tertiary/aromatic N) is 5. The SMILES string of the molecule is CC(C)Nc1nc(N[C@@H](C)C(F)(F)F)nc(-n2ccc(C(F)(F)F)n2)n1. The number of anilines is 2. The van der Waals surface area contributed by atoms with Crippen molar-refractivity contribution in [2.45, 2.75) is 45.2 Å². The number of aromatic nitrogens is 5. The Morgan fingerprint density at radius 1 is 0.923 bits per heavy atom. The number of rotatable bonds is 5. The van der Waals surface area contributed by atoms with Gasteiger partial charge in [0.25, 0.3) is 5.95 Å². The van der Waals surface area contributed by atoms with Crippen LogP contribution in [0.15, 0.2) is 12.3 Å². The topological polar surface area (TPSA) is 80.5 Å². The van der Waals surface area contributed by atoms with Gasteiger partial charge in [-0.05, 0) is 26.8 Å². The van der Waals surface area contributed by atoms with Gasteiger partial charge in [-0.25, -0.2) is 4.68 Å². The number of alkyl halides is 6. The predicted octanol–water partition coefficient (Wildman–Crippen LogP) is 3.26. The van der Waals surface area contributed by atoms with E-state index in [1.54, 1.807) is 13.8 Å². The molecule has 2 N–H and O–H groups in total. The fourth-order valence-electron chi connectivity index (χ4n) is 1.72. The fourth-order valence-corrected chi connectivity index (χ4v) is 1.72. The lowest BCUT2D eigenvalue weighted by Crippen LogP contribution is -2.34. The monoisotopic (exact) mass is 383 g/mol. The molecule has 0 aliphatic carbocycles. The average Bonchev–Trinajstić information content (AvgIpc) is 2.95. The molecule has 2 rings (SSSR count). The summed E-state index contributed by atoms with van der Waals surface area (Å²) in [6.45, 7) is 4.31. The van der Waals surface area contributed by atoms with Crippen LogP contribution < -0.4 is 10.6 Å². The minimum atomic E-state index is -4.68. The highest BCUT2D eigenvalue weighted by Gasteiger charge is 2.37. The molecule has 144 valence electrons. The van der Waals surface area contributed by atoms with E-state index in [2.05, 4.69) is 30.7 Å². The Labute approximate surface area is 143 Å². The predicted molar refractivity (Wildman–Crippen MR) is 79.8 cm³/mol. The van der Waals surface area contributed by atoms with Gasteiger partial charge in [0.2, 0.25) is 11.9 Å². The molecule has 7 nitrogen and oxygen atoms in total. The van der Waals surface area contributed by atoms with Crippen molar-refractivity contribution in [3.63, 3.8) is 0 Å². The van der Waals surface area contributed by atoms with Gasteiger partial charge in [-0.2, -0.15) is 46.4 Å². The second-order valence-corrected chi connectivity index (χ2v) is 5.63. The molecule has 0 fully saturated rings. The molecule has 0 saturated carbocycles. The third-order valence-electron chi connectivity index (χ3n) is 2.96. The summed E-state index contributed by atoms with van der Waals surface area (Å²) in [5, 5.41) is 8.11. The standard InChI is InChI=1S/C13H15F6N7/c1-6(2)20-9-22-10(21-7(3)12(14,15)16)24-11(23-9)26-5-4-8(25-26)13(17,18)19/h4-7H,1-3H3,(H2,20,21,22,23,24)/t7-/m0/s1. The quantitative estimate of drug-likeness (QED) is 0.772. The van der Waals surface area contributed by atoms with Crippen LogP contribution in [0.1, 0.15) is 26.5 Å². The van der Waals surface area contributed by atoms with Crippen molar-refractivity contribution >= 4 is 11.9 Å². The number of nitrogens with one attached hydrogen (secondary N) is 2. The number of hydrogen-bond acceptors (Lipinski definition) is 6. The van der Waals surface area contributed by atoms with E-state index in [0.29, 0.717) is 10.7 Å². The molecule has 2 heterocycles. The fraction of sp³-hybridized carbons (Fsp3) is 0.538. The number of hydrogen-bond donors (Lipinski definition) is 2. The maximum absolute atomic E-state index is 12.7. The molecule has 0 saturated heterocycles. The third-order valence-corrected chi connectivity index (χ3v) is 2.96. The molecule has 0 radical (unpaired) electrons. The lowest BCUT2D eigenvalue weighted by Gasteiger charge is -2.18. The Kier molecular flexibility index (Phi) is 5.28. The zero-order chi connectivity index (χ0) is 19.7. The van der Waals surface area contributed by atoms with Gasteiger partial charge in [0.15, 0.2) is 5.69 Å². The van der Waals surface area contributed by atoms with E-state index < -0.39 is 30.0 Å². The Bertz CT molecular complexity index is 752. The molecule has 0 aliphatic rings. The molecule has 0 bridgehead atoms. The van der Waals surface area contributed by atoms with Crippen LogP contribution in [0.5, 0.6) is 0 Å². The van der Waals surface area contributed by atoms with Gasteiger partial charge in [0.05, 0.1) is 0 Å². The second-order valence-electron chi connectivity index (χ2n) is 5.63. The first-order valence-corrected chi connectivity index (χ1v) is 7.35. The largest absolute Gasteiger partial charge is 0.435 e. The van der Waals surface area contributed by atoms with E-state index in [1.807, 2.05) is 0 Å². The molecule has 0 amide bonds. The molecular formula is C13H15F6N7. The molecule has 1 atom stereocenters. The van der Waals surface area contributed by atoms with E-state index in [1.165, 1.54) is 0 Å². The van der Waals surface area contributed by atoms with Gasteiger partial charge >= 0.3 is 12.4 Å². The zero-order valence-corrected chi connectivity index (χ0v) is 13.8. The summed E-state index contributed by atoms with van der Waals surface area (Å²) in [4.78, 5) is 11.4. The number of halogens is 6. The van der Waals surface area contributed by atoms with Gasteiger partial charge in [0.1, 0.15) is 6.04 Å². The Hall–Kier alpha value is -2.60. The van der Waals surface area contributed by atoms with Crippen molar-refractivity contribution in [3.8, 4) is 5.95 Å². The first kappa shape index (κ1) is 19.7. The first-order valence-electron chi connectivity index (χ1n) is 7.35. The summed E-state index contributed by atoms with van der Waals surface area (Å²) in [5.41, 5.74) is -1.19. The molecule has 0 unspecified atom stereocenters. The highest BCUT2D eigenvalue weighted by atomic mass is 19.4. The van der Waals surface area contributed by atoms with Crippen molar-refractivity contribution in [3.05, 3.63) is 18.0 Å². The maximum atomic E-state index is 12.7. The Morgan fingerprint density at radius 2 is 1.50 bits per heavy atom. The van der Waals surface area contributed by atoms with Crippen LogP contribution in [0.4, 0.5) is 38.2 Å². The lowest BCUT2D eigenvalue weighted by molar-refractivity contribution is -0.141. The van der Waals surface area contributed by atoms with Gasteiger partial charge in [0, 0.05) is 12.2 Å². The molecule has 2 aromatic rings. The smallest absolute Gasteiger partial charge is 0.352 e. The lowest BCUT2D eigenvalue weighted by atomic mass is 10.3. The average molecular weight is 383 g/mol. The normalized spacial score (nSPS) is 13.8. The van der Waals surface area contributed by atoms with Gasteiger partial charge in [-0.1, -0.05) is 0 Å². The van der Waals surface area contributed by atoms with Crippen LogP contribution in [-0.4, -0.2) is 43.0 Å². The Balaban J connectivity index is 2.41. The van der Waals surface area contributed by atoms with Crippen molar-refractivity contribution in [1.29, 1.82) is 0 Å². The molecule has 0 aliphatic heterocycles. The van der Waals surface area contributed by atoms with Crippen LogP contribution >= 0.6 is 0 Å². The van der Waals surface area contributed by atoms with Gasteiger partial charge in [-0.3, -0.25) is 0 Å². The Morgan fingerprint density at radius 3 is 1.96 bits per heavy atom. The summed E-state index contributed by atoms with van der Waals surface area (Å²) >= 11 is 0. The third kappa shape index (κ3) is 4.95. The second kappa shape index (κ2) is 6.96. The van der Waals surface area contributed by atoms with Gasteiger partial charge < -0.3 is 10.6 Å². The van der Waals surface area contributed by atoms with Crippen molar-refractivity contribution in [1.82, 2.24) is 24.7 Å². The van der Waals surface area contributed by atoms with E-state index in [9.17, 15) is 26.3 Å². The summed E-state index contributed by atoms with van der Waals surface area (Å²) < 4.78 is 76.9. The van der Waals surface area contributed by atoms with Crippen LogP contribution in [0, 0.1) is 0 Å². The molecule has 13 heteroatoms. The highest BCUT2D eigenvalue weighted by Crippen LogP contribution is 2.28. The van der Waals surface area contributed by atoms with Crippen LogP contribution in [0.2, 0.25) is 0 Å². The minimum absolute atomic E-state index is 0.106. The minimum Gasteiger partial charge on any atom is -0.352 e. The van der Waals surface area contributed by atoms with Gasteiger partial charge in [-0.15, -0.1) is 0 Å². The zero-order valence-electron chi connectivity index (χ0n) is 13.8. The highest BCUT2D eigenvalue weighted by molar-refractivity contribution is 5.39. The van der Waals surface area contributed by atoms with Crippen molar-refractivity contribution in [2.75, 3.05) is 10.6 Å². The summed E-state index contributed by atoms with van der Waals surface area (Å²) in [6, 6.07) is -1.46. The van der Waals surface area contributed by atoms with E-state index in [4.69, 9.17) is 0 Å². The molecular weight excluding hydrogens is 368 g/mol. The summed E-state index contributed by atoms with van der Waals surface area (Å²) in [6.07, 6.45) is -8.29. The van der Waals surface area contributed by atoms with Crippen LogP contribution in [-0.2, 0) is 6.18 Å². The molecule has 26 heavy (non-hydrogen) atoms. The van der Waals surface area contributed by atoms with E-state index in [-0.39, 0.29) is 17.9 Å². The molecule has 2 aromatic heterocycles. The molecule has 0 spiro atoms. The summed E-state index contributed by atoms with van der Waals surface area (Å²) in [7, 11) is 0. The van der Waals surface area contributed by atoms with Crippen molar-refractivity contribution in [2.24, 2.45) is 0 Å². The van der Waals surface area contributed by atoms with Crippen LogP contribution in [0.3, 0.4) is 0 Å². The van der Waals surface area contributed by atoms with Crippen LogP contribution in [0.25, 0.3) is 5.95 Å².